The van der Waals surface area contributed by atoms with E-state index in [2.05, 4.69) is 87.6 Å². The number of hydrogen-bond acceptors (Lipinski definition) is 8. The molecule has 0 radical (unpaired) electrons. The van der Waals surface area contributed by atoms with Gasteiger partial charge in [0.15, 0.2) is 5.78 Å². The van der Waals surface area contributed by atoms with Crippen molar-refractivity contribution in [3.8, 4) is 5.75 Å². The number of nitrogens with zero attached hydrogens (tertiary/aromatic N) is 3. The van der Waals surface area contributed by atoms with Crippen LogP contribution in [0.15, 0.2) is 143 Å². The quantitative estimate of drug-likeness (QED) is 0.0316. The summed E-state index contributed by atoms with van der Waals surface area (Å²) in [4.78, 5) is 28.8. The van der Waals surface area contributed by atoms with E-state index in [9.17, 15) is 18.0 Å². The van der Waals surface area contributed by atoms with Crippen LogP contribution >= 0.6 is 0 Å². The summed E-state index contributed by atoms with van der Waals surface area (Å²) in [6.07, 6.45) is 29.3. The van der Waals surface area contributed by atoms with Gasteiger partial charge in [0, 0.05) is 12.6 Å². The standard InChI is InChI=1S/C39H44N4O5S/c1-3-4-5-6-7-8-9-10-11-12-13-14-15-16-17-18-19-23-39(45)48-37-29-26-34(31-36(37)32(2)44)42-41-33-24-27-35(28-25-33)49(46,47)43-38-22-20-21-30-40-38/h4-5,7-8,10-11,13-14,16-17,20-22,24-31H,3,6,9,12,15,18-19,23H2,1-2H3,(H,40,43)/b5-4-,8-7-,11-10-,14-13-,17-16-,42-41?. The Hall–Kier alpha value is -5.22. The van der Waals surface area contributed by atoms with E-state index < -0.39 is 16.0 Å². The lowest BCUT2D eigenvalue weighted by Crippen LogP contribution is -2.13. The predicted octanol–water partition coefficient (Wildman–Crippen LogP) is 10.3. The van der Waals surface area contributed by atoms with Crippen LogP contribution in [-0.2, 0) is 14.8 Å². The molecule has 2 aromatic carbocycles. The molecule has 0 atom stereocenters. The number of azo groups is 1. The van der Waals surface area contributed by atoms with Crippen molar-refractivity contribution >= 4 is 39.0 Å². The van der Waals surface area contributed by atoms with Crippen molar-refractivity contribution in [1.82, 2.24) is 4.98 Å². The SMILES string of the molecule is CC/C=C\C/C=C\C/C=C\C/C=C\C/C=C\CCCC(=O)Oc1ccc(N=Nc2ccc(S(=O)(=O)Nc3ccccn3)cc2)cc1C(C)=O. The molecule has 1 N–H and O–H groups in total. The van der Waals surface area contributed by atoms with Crippen LogP contribution in [0.5, 0.6) is 5.75 Å². The zero-order valence-corrected chi connectivity index (χ0v) is 28.9. The van der Waals surface area contributed by atoms with Crippen molar-refractivity contribution in [1.29, 1.82) is 0 Å². The summed E-state index contributed by atoms with van der Waals surface area (Å²) in [7, 11) is -3.82. The molecule has 3 rings (SSSR count). The summed E-state index contributed by atoms with van der Waals surface area (Å²) in [5, 5.41) is 8.31. The first-order valence-corrected chi connectivity index (χ1v) is 17.8. The molecule has 256 valence electrons. The molecule has 0 fully saturated rings. The number of ketones is 1. The van der Waals surface area contributed by atoms with Gasteiger partial charge in [-0.1, -0.05) is 73.8 Å². The molecular formula is C39H44N4O5S. The maximum absolute atomic E-state index is 12.6. The maximum atomic E-state index is 12.6. The van der Waals surface area contributed by atoms with E-state index in [1.807, 2.05) is 0 Å². The van der Waals surface area contributed by atoms with Gasteiger partial charge in [-0.2, -0.15) is 10.2 Å². The highest BCUT2D eigenvalue weighted by molar-refractivity contribution is 7.92. The van der Waals surface area contributed by atoms with Gasteiger partial charge in [-0.15, -0.1) is 0 Å². The Kier molecular flexibility index (Phi) is 16.9. The van der Waals surface area contributed by atoms with E-state index >= 15 is 0 Å². The third-order valence-corrected chi connectivity index (χ3v) is 8.18. The molecule has 0 aliphatic rings. The molecular weight excluding hydrogens is 637 g/mol. The van der Waals surface area contributed by atoms with Crippen LogP contribution in [0.25, 0.3) is 0 Å². The van der Waals surface area contributed by atoms with Gasteiger partial charge < -0.3 is 4.74 Å². The van der Waals surface area contributed by atoms with E-state index in [4.69, 9.17) is 4.74 Å². The van der Waals surface area contributed by atoms with Gasteiger partial charge in [0.05, 0.1) is 21.8 Å². The van der Waals surface area contributed by atoms with Crippen molar-refractivity contribution < 1.29 is 22.7 Å². The highest BCUT2D eigenvalue weighted by atomic mass is 32.2. The van der Waals surface area contributed by atoms with Crippen LogP contribution in [0, 0.1) is 0 Å². The summed E-state index contributed by atoms with van der Waals surface area (Å²) in [6.45, 7) is 3.52. The highest BCUT2D eigenvalue weighted by Gasteiger charge is 2.15. The van der Waals surface area contributed by atoms with Crippen molar-refractivity contribution in [2.45, 2.75) is 70.1 Å². The Labute approximate surface area is 290 Å². The zero-order valence-electron chi connectivity index (χ0n) is 28.1. The molecule has 0 spiro atoms. The van der Waals surface area contributed by atoms with Crippen LogP contribution in [0.1, 0.15) is 75.6 Å². The van der Waals surface area contributed by atoms with Crippen LogP contribution < -0.4 is 9.46 Å². The van der Waals surface area contributed by atoms with E-state index in [0.29, 0.717) is 17.8 Å². The third kappa shape index (κ3) is 15.0. The second-order valence-electron chi connectivity index (χ2n) is 10.8. The second kappa shape index (κ2) is 21.6. The normalized spacial score (nSPS) is 12.4. The molecule has 0 amide bonds. The Morgan fingerprint density at radius 2 is 1.37 bits per heavy atom. The molecule has 1 aromatic heterocycles. The summed E-state index contributed by atoms with van der Waals surface area (Å²) in [6, 6.07) is 15.4. The number of nitrogens with one attached hydrogen (secondary N) is 1. The fourth-order valence-electron chi connectivity index (χ4n) is 4.28. The molecule has 3 aromatic rings. The molecule has 0 saturated heterocycles. The fraction of sp³-hybridized carbons (Fsp3) is 0.256. The van der Waals surface area contributed by atoms with Crippen molar-refractivity contribution in [2.24, 2.45) is 10.2 Å². The van der Waals surface area contributed by atoms with Gasteiger partial charge >= 0.3 is 5.97 Å². The number of allylic oxidation sites excluding steroid dienone is 10. The van der Waals surface area contributed by atoms with Crippen LogP contribution in [0.2, 0.25) is 0 Å². The van der Waals surface area contributed by atoms with Gasteiger partial charge in [0.25, 0.3) is 10.0 Å². The number of aromatic nitrogens is 1. The number of sulfonamides is 1. The minimum atomic E-state index is -3.82. The minimum Gasteiger partial charge on any atom is -0.426 e. The first-order chi connectivity index (χ1) is 23.8. The Morgan fingerprint density at radius 3 is 1.96 bits per heavy atom. The zero-order chi connectivity index (χ0) is 35.2. The van der Waals surface area contributed by atoms with Crippen LogP contribution in [-0.4, -0.2) is 25.2 Å². The average molecular weight is 681 g/mol. The molecule has 0 aliphatic carbocycles. The molecule has 0 saturated carbocycles. The van der Waals surface area contributed by atoms with E-state index in [1.54, 1.807) is 24.3 Å². The van der Waals surface area contributed by atoms with Crippen LogP contribution in [0.3, 0.4) is 0 Å². The van der Waals surface area contributed by atoms with Gasteiger partial charge in [-0.05, 0) is 106 Å². The Balaban J connectivity index is 1.41. The first-order valence-electron chi connectivity index (χ1n) is 16.3. The predicted molar refractivity (Wildman–Crippen MR) is 196 cm³/mol. The minimum absolute atomic E-state index is 0.0417. The second-order valence-corrected chi connectivity index (χ2v) is 12.5. The van der Waals surface area contributed by atoms with Crippen LogP contribution in [0.4, 0.5) is 17.2 Å². The van der Waals surface area contributed by atoms with Gasteiger partial charge in [0.1, 0.15) is 11.6 Å². The molecule has 1 heterocycles. The molecule has 0 unspecified atom stereocenters. The van der Waals surface area contributed by atoms with Crippen molar-refractivity contribution in [3.63, 3.8) is 0 Å². The highest BCUT2D eigenvalue weighted by Crippen LogP contribution is 2.28. The summed E-state index contributed by atoms with van der Waals surface area (Å²) in [5.41, 5.74) is 0.991. The average Bonchev–Trinajstić information content (AvgIpc) is 3.09. The lowest BCUT2D eigenvalue weighted by molar-refractivity contribution is -0.134. The Bertz CT molecular complexity index is 1780. The molecule has 0 bridgehead atoms. The number of pyridine rings is 1. The number of Topliss-reactive ketones (excluding diaryl/α,β-unsaturated/α-hetero) is 1. The molecule has 49 heavy (non-hydrogen) atoms. The smallest absolute Gasteiger partial charge is 0.311 e. The number of unbranched alkanes of at least 4 members (excludes halogenated alkanes) is 1. The number of esters is 1. The lowest BCUT2D eigenvalue weighted by Gasteiger charge is -2.08. The number of anilines is 1. The van der Waals surface area contributed by atoms with Gasteiger partial charge in [-0.25, -0.2) is 13.4 Å². The summed E-state index contributed by atoms with van der Waals surface area (Å²) in [5.74, 6) is -0.324. The third-order valence-electron chi connectivity index (χ3n) is 6.81. The van der Waals surface area contributed by atoms with Crippen molar-refractivity contribution in [2.75, 3.05) is 4.72 Å². The fourth-order valence-corrected chi connectivity index (χ4v) is 5.29. The largest absolute Gasteiger partial charge is 0.426 e. The number of carbonyl (C=O) groups excluding carboxylic acids is 2. The van der Waals surface area contributed by atoms with E-state index in [0.717, 1.165) is 38.5 Å². The lowest BCUT2D eigenvalue weighted by atomic mass is 10.1. The van der Waals surface area contributed by atoms with Gasteiger partial charge in [0.2, 0.25) is 0 Å². The topological polar surface area (TPSA) is 127 Å². The first kappa shape index (κ1) is 38.2. The molecule has 10 heteroatoms. The molecule has 9 nitrogen and oxygen atoms in total. The van der Waals surface area contributed by atoms with Gasteiger partial charge in [-0.3, -0.25) is 14.3 Å². The summed E-state index contributed by atoms with van der Waals surface area (Å²) < 4.78 is 33.1. The number of ether oxygens (including phenoxy) is 1. The number of rotatable bonds is 20. The molecule has 0 aliphatic heterocycles. The number of hydrogen-bond donors (Lipinski definition) is 1. The number of benzene rings is 2. The monoisotopic (exact) mass is 680 g/mol. The van der Waals surface area contributed by atoms with E-state index in [-0.39, 0.29) is 34.2 Å². The Morgan fingerprint density at radius 1 is 0.776 bits per heavy atom. The maximum Gasteiger partial charge on any atom is 0.311 e. The number of carbonyl (C=O) groups is 2. The summed E-state index contributed by atoms with van der Waals surface area (Å²) >= 11 is 0. The van der Waals surface area contributed by atoms with E-state index in [1.165, 1.54) is 49.5 Å². The van der Waals surface area contributed by atoms with Crippen molar-refractivity contribution in [3.05, 3.63) is 133 Å².